The number of amides is 1. The standard InChI is InChI=1S/C18H21NO2/c1-3-15-10-7-11-17(13-15)21-18(20)19-14(2)12-16-8-5-4-6-9-16/h4-11,13-14H,3,12H2,1-2H3,(H,19,20). The fraction of sp³-hybridized carbons (Fsp3) is 0.278. The summed E-state index contributed by atoms with van der Waals surface area (Å²) in [4.78, 5) is 11.9. The summed E-state index contributed by atoms with van der Waals surface area (Å²) in [6.07, 6.45) is 1.29. The fourth-order valence-electron chi connectivity index (χ4n) is 2.19. The number of carbonyl (C=O) groups excluding carboxylic acids is 1. The van der Waals surface area contributed by atoms with Gasteiger partial charge in [0.15, 0.2) is 0 Å². The average Bonchev–Trinajstić information content (AvgIpc) is 2.48. The maximum absolute atomic E-state index is 11.9. The van der Waals surface area contributed by atoms with Gasteiger partial charge in [0.2, 0.25) is 0 Å². The van der Waals surface area contributed by atoms with Crippen LogP contribution in [0.2, 0.25) is 0 Å². The normalized spacial score (nSPS) is 11.7. The number of hydrogen-bond acceptors (Lipinski definition) is 2. The molecular weight excluding hydrogens is 262 g/mol. The van der Waals surface area contributed by atoms with Crippen LogP contribution in [0.3, 0.4) is 0 Å². The van der Waals surface area contributed by atoms with Crippen molar-refractivity contribution in [3.63, 3.8) is 0 Å². The molecule has 2 rings (SSSR count). The van der Waals surface area contributed by atoms with E-state index in [4.69, 9.17) is 4.74 Å². The van der Waals surface area contributed by atoms with E-state index in [9.17, 15) is 4.79 Å². The van der Waals surface area contributed by atoms with Crippen molar-refractivity contribution < 1.29 is 9.53 Å². The quantitative estimate of drug-likeness (QED) is 0.901. The van der Waals surface area contributed by atoms with Crippen molar-refractivity contribution in [3.05, 3.63) is 65.7 Å². The summed E-state index contributed by atoms with van der Waals surface area (Å²) in [6.45, 7) is 4.04. The molecule has 0 spiro atoms. The molecule has 3 nitrogen and oxygen atoms in total. The highest BCUT2D eigenvalue weighted by atomic mass is 16.6. The molecule has 0 saturated carbocycles. The topological polar surface area (TPSA) is 38.3 Å². The molecule has 0 saturated heterocycles. The molecule has 0 radical (unpaired) electrons. The van der Waals surface area contributed by atoms with Crippen LogP contribution in [0.25, 0.3) is 0 Å². The van der Waals surface area contributed by atoms with E-state index in [-0.39, 0.29) is 6.04 Å². The van der Waals surface area contributed by atoms with E-state index in [2.05, 4.69) is 12.2 Å². The first kappa shape index (κ1) is 15.1. The smallest absolute Gasteiger partial charge is 0.410 e. The van der Waals surface area contributed by atoms with Crippen molar-refractivity contribution in [3.8, 4) is 5.75 Å². The van der Waals surface area contributed by atoms with Crippen LogP contribution in [0.4, 0.5) is 4.79 Å². The molecule has 1 unspecified atom stereocenters. The third-order valence-corrected chi connectivity index (χ3v) is 3.27. The summed E-state index contributed by atoms with van der Waals surface area (Å²) in [7, 11) is 0. The second-order valence-electron chi connectivity index (χ2n) is 5.13. The number of hydrogen-bond donors (Lipinski definition) is 1. The van der Waals surface area contributed by atoms with E-state index < -0.39 is 6.09 Å². The van der Waals surface area contributed by atoms with Crippen LogP contribution in [0, 0.1) is 0 Å². The second-order valence-corrected chi connectivity index (χ2v) is 5.13. The lowest BCUT2D eigenvalue weighted by molar-refractivity contribution is 0.197. The van der Waals surface area contributed by atoms with Crippen LogP contribution < -0.4 is 10.1 Å². The molecule has 110 valence electrons. The van der Waals surface area contributed by atoms with E-state index in [0.717, 1.165) is 18.4 Å². The van der Waals surface area contributed by atoms with Crippen LogP contribution in [0.5, 0.6) is 5.75 Å². The van der Waals surface area contributed by atoms with Gasteiger partial charge in [-0.25, -0.2) is 4.79 Å². The van der Waals surface area contributed by atoms with E-state index in [1.54, 1.807) is 6.07 Å². The number of nitrogens with one attached hydrogen (secondary N) is 1. The summed E-state index contributed by atoms with van der Waals surface area (Å²) in [5, 5.41) is 2.85. The van der Waals surface area contributed by atoms with Gasteiger partial charge in [-0.05, 0) is 43.0 Å². The Morgan fingerprint density at radius 2 is 1.81 bits per heavy atom. The SMILES string of the molecule is CCc1cccc(OC(=O)NC(C)Cc2ccccc2)c1. The van der Waals surface area contributed by atoms with Gasteiger partial charge in [-0.1, -0.05) is 49.4 Å². The van der Waals surface area contributed by atoms with E-state index >= 15 is 0 Å². The van der Waals surface area contributed by atoms with Crippen molar-refractivity contribution in [1.82, 2.24) is 5.32 Å². The highest BCUT2D eigenvalue weighted by Gasteiger charge is 2.10. The van der Waals surface area contributed by atoms with Crippen molar-refractivity contribution in [2.24, 2.45) is 0 Å². The minimum Gasteiger partial charge on any atom is -0.410 e. The number of rotatable bonds is 5. The molecule has 0 aromatic heterocycles. The van der Waals surface area contributed by atoms with E-state index in [0.29, 0.717) is 5.75 Å². The molecular formula is C18H21NO2. The number of aryl methyl sites for hydroxylation is 1. The highest BCUT2D eigenvalue weighted by molar-refractivity contribution is 5.70. The van der Waals surface area contributed by atoms with E-state index in [1.807, 2.05) is 55.5 Å². The first-order valence-corrected chi connectivity index (χ1v) is 7.28. The van der Waals surface area contributed by atoms with Crippen LogP contribution in [0.15, 0.2) is 54.6 Å². The summed E-state index contributed by atoms with van der Waals surface area (Å²) >= 11 is 0. The number of carbonyl (C=O) groups is 1. The van der Waals surface area contributed by atoms with Crippen LogP contribution in [0.1, 0.15) is 25.0 Å². The molecule has 0 bridgehead atoms. The van der Waals surface area contributed by atoms with Gasteiger partial charge in [0, 0.05) is 6.04 Å². The van der Waals surface area contributed by atoms with Crippen molar-refractivity contribution >= 4 is 6.09 Å². The minimum absolute atomic E-state index is 0.0225. The number of ether oxygens (including phenoxy) is 1. The lowest BCUT2D eigenvalue weighted by Gasteiger charge is -2.14. The Kier molecular flexibility index (Phi) is 5.38. The second kappa shape index (κ2) is 7.48. The molecule has 0 aliphatic heterocycles. The van der Waals surface area contributed by atoms with E-state index in [1.165, 1.54) is 5.56 Å². The molecule has 2 aromatic rings. The van der Waals surface area contributed by atoms with Gasteiger partial charge in [0.1, 0.15) is 5.75 Å². The molecule has 0 fully saturated rings. The van der Waals surface area contributed by atoms with Crippen LogP contribution >= 0.6 is 0 Å². The molecule has 1 N–H and O–H groups in total. The lowest BCUT2D eigenvalue weighted by atomic mass is 10.1. The molecule has 1 atom stereocenters. The summed E-state index contributed by atoms with van der Waals surface area (Å²) in [5.74, 6) is 0.582. The maximum atomic E-state index is 11.9. The maximum Gasteiger partial charge on any atom is 0.412 e. The predicted molar refractivity (Wildman–Crippen MR) is 84.6 cm³/mol. The van der Waals surface area contributed by atoms with Gasteiger partial charge in [0.25, 0.3) is 0 Å². The summed E-state index contributed by atoms with van der Waals surface area (Å²) in [6, 6.07) is 17.7. The predicted octanol–water partition coefficient (Wildman–Crippen LogP) is 3.97. The molecule has 2 aromatic carbocycles. The van der Waals surface area contributed by atoms with Gasteiger partial charge in [-0.15, -0.1) is 0 Å². The van der Waals surface area contributed by atoms with Crippen molar-refractivity contribution in [1.29, 1.82) is 0 Å². The zero-order valence-electron chi connectivity index (χ0n) is 12.5. The first-order chi connectivity index (χ1) is 10.2. The Morgan fingerprint density at radius 3 is 2.52 bits per heavy atom. The minimum atomic E-state index is -0.410. The zero-order chi connectivity index (χ0) is 15.1. The summed E-state index contributed by atoms with van der Waals surface area (Å²) in [5.41, 5.74) is 2.34. The van der Waals surface area contributed by atoms with Crippen LogP contribution in [-0.2, 0) is 12.8 Å². The van der Waals surface area contributed by atoms with Gasteiger partial charge in [-0.2, -0.15) is 0 Å². The highest BCUT2D eigenvalue weighted by Crippen LogP contribution is 2.14. The first-order valence-electron chi connectivity index (χ1n) is 7.28. The third-order valence-electron chi connectivity index (χ3n) is 3.27. The third kappa shape index (κ3) is 4.95. The Bertz CT molecular complexity index is 581. The van der Waals surface area contributed by atoms with Gasteiger partial charge >= 0.3 is 6.09 Å². The summed E-state index contributed by atoms with van der Waals surface area (Å²) < 4.78 is 5.32. The Hall–Kier alpha value is -2.29. The molecule has 3 heteroatoms. The molecule has 1 amide bonds. The largest absolute Gasteiger partial charge is 0.412 e. The molecule has 0 heterocycles. The number of benzene rings is 2. The van der Waals surface area contributed by atoms with Crippen LogP contribution in [-0.4, -0.2) is 12.1 Å². The monoisotopic (exact) mass is 283 g/mol. The van der Waals surface area contributed by atoms with Crippen molar-refractivity contribution in [2.45, 2.75) is 32.7 Å². The van der Waals surface area contributed by atoms with Gasteiger partial charge < -0.3 is 10.1 Å². The zero-order valence-corrected chi connectivity index (χ0v) is 12.5. The van der Waals surface area contributed by atoms with Gasteiger partial charge in [0.05, 0.1) is 0 Å². The molecule has 0 aliphatic carbocycles. The Labute approximate surface area is 126 Å². The lowest BCUT2D eigenvalue weighted by Crippen LogP contribution is -2.36. The Morgan fingerprint density at radius 1 is 1.10 bits per heavy atom. The fourth-order valence-corrected chi connectivity index (χ4v) is 2.19. The Balaban J connectivity index is 1.86. The molecule has 21 heavy (non-hydrogen) atoms. The average molecular weight is 283 g/mol. The van der Waals surface area contributed by atoms with Gasteiger partial charge in [-0.3, -0.25) is 0 Å². The molecule has 0 aliphatic rings. The van der Waals surface area contributed by atoms with Crippen molar-refractivity contribution in [2.75, 3.05) is 0 Å².